The molecular weight excluding hydrogens is 557 g/mol. The zero-order valence-corrected chi connectivity index (χ0v) is 23.2. The second kappa shape index (κ2) is 12.3. The SMILES string of the molecule is Cc1ccc(S(=O)(=O)N(CC(=O)Nc2ccccc2C(=O)NCc2ccccc2)c2cc(Cl)ccc2Cl)cc1. The summed E-state index contributed by atoms with van der Waals surface area (Å²) in [4.78, 5) is 26.2. The number of anilines is 2. The van der Waals surface area contributed by atoms with Gasteiger partial charge in [0.25, 0.3) is 15.9 Å². The van der Waals surface area contributed by atoms with Crippen molar-refractivity contribution in [1.29, 1.82) is 0 Å². The molecule has 39 heavy (non-hydrogen) atoms. The van der Waals surface area contributed by atoms with E-state index in [9.17, 15) is 18.0 Å². The zero-order valence-electron chi connectivity index (χ0n) is 20.9. The second-order valence-electron chi connectivity index (χ2n) is 8.68. The number of nitrogens with zero attached hydrogens (tertiary/aromatic N) is 1. The van der Waals surface area contributed by atoms with E-state index < -0.39 is 28.4 Å². The van der Waals surface area contributed by atoms with E-state index in [1.807, 2.05) is 37.3 Å². The van der Waals surface area contributed by atoms with Gasteiger partial charge in [-0.3, -0.25) is 13.9 Å². The molecule has 0 atom stereocenters. The van der Waals surface area contributed by atoms with Crippen LogP contribution >= 0.6 is 23.2 Å². The average molecular weight is 583 g/mol. The quantitative estimate of drug-likeness (QED) is 0.251. The number of para-hydroxylation sites is 1. The molecule has 0 spiro atoms. The molecule has 0 bridgehead atoms. The van der Waals surface area contributed by atoms with Crippen LogP contribution in [0.15, 0.2) is 102 Å². The highest BCUT2D eigenvalue weighted by molar-refractivity contribution is 7.92. The number of aryl methyl sites for hydroxylation is 1. The lowest BCUT2D eigenvalue weighted by Gasteiger charge is -2.25. The summed E-state index contributed by atoms with van der Waals surface area (Å²) in [6, 6.07) is 26.5. The van der Waals surface area contributed by atoms with E-state index in [0.717, 1.165) is 15.4 Å². The first-order valence-electron chi connectivity index (χ1n) is 11.9. The lowest BCUT2D eigenvalue weighted by Crippen LogP contribution is -2.38. The van der Waals surface area contributed by atoms with Gasteiger partial charge in [-0.2, -0.15) is 0 Å². The van der Waals surface area contributed by atoms with Crippen molar-refractivity contribution in [3.8, 4) is 0 Å². The number of hydrogen-bond donors (Lipinski definition) is 2. The minimum Gasteiger partial charge on any atom is -0.348 e. The van der Waals surface area contributed by atoms with Crippen molar-refractivity contribution in [2.75, 3.05) is 16.2 Å². The smallest absolute Gasteiger partial charge is 0.264 e. The fourth-order valence-electron chi connectivity index (χ4n) is 3.80. The molecule has 0 aliphatic carbocycles. The van der Waals surface area contributed by atoms with Gasteiger partial charge in [0, 0.05) is 11.6 Å². The Morgan fingerprint density at radius 1 is 0.846 bits per heavy atom. The Hall–Kier alpha value is -3.85. The van der Waals surface area contributed by atoms with Crippen LogP contribution in [0.2, 0.25) is 10.0 Å². The first-order valence-corrected chi connectivity index (χ1v) is 14.1. The molecule has 10 heteroatoms. The Bertz CT molecular complexity index is 1590. The number of sulfonamides is 1. The molecule has 4 rings (SSSR count). The summed E-state index contributed by atoms with van der Waals surface area (Å²) in [5.74, 6) is -1.07. The molecule has 0 heterocycles. The summed E-state index contributed by atoms with van der Waals surface area (Å²) in [6.07, 6.45) is 0. The van der Waals surface area contributed by atoms with Crippen molar-refractivity contribution in [1.82, 2.24) is 5.32 Å². The van der Waals surface area contributed by atoms with Gasteiger partial charge < -0.3 is 10.6 Å². The summed E-state index contributed by atoms with van der Waals surface area (Å²) in [6.45, 7) is 1.52. The molecule has 7 nitrogen and oxygen atoms in total. The van der Waals surface area contributed by atoms with E-state index in [-0.39, 0.29) is 31.9 Å². The van der Waals surface area contributed by atoms with Crippen molar-refractivity contribution in [2.24, 2.45) is 0 Å². The molecule has 4 aromatic rings. The number of halogens is 2. The van der Waals surface area contributed by atoms with Gasteiger partial charge >= 0.3 is 0 Å². The van der Waals surface area contributed by atoms with Gasteiger partial charge in [0.15, 0.2) is 0 Å². The Morgan fingerprint density at radius 3 is 2.23 bits per heavy atom. The molecule has 2 N–H and O–H groups in total. The van der Waals surface area contributed by atoms with Gasteiger partial charge in [0.1, 0.15) is 6.54 Å². The van der Waals surface area contributed by atoms with Crippen LogP contribution in [-0.4, -0.2) is 26.8 Å². The van der Waals surface area contributed by atoms with Crippen LogP contribution in [0.1, 0.15) is 21.5 Å². The van der Waals surface area contributed by atoms with Gasteiger partial charge in [-0.25, -0.2) is 8.42 Å². The topological polar surface area (TPSA) is 95.6 Å². The van der Waals surface area contributed by atoms with Crippen molar-refractivity contribution in [3.63, 3.8) is 0 Å². The number of carbonyl (C=O) groups excluding carboxylic acids is 2. The number of amides is 2. The van der Waals surface area contributed by atoms with Gasteiger partial charge in [-0.15, -0.1) is 0 Å². The van der Waals surface area contributed by atoms with E-state index in [4.69, 9.17) is 23.2 Å². The summed E-state index contributed by atoms with van der Waals surface area (Å²) in [7, 11) is -4.21. The Morgan fingerprint density at radius 2 is 1.51 bits per heavy atom. The molecule has 0 fully saturated rings. The van der Waals surface area contributed by atoms with E-state index in [0.29, 0.717) is 6.54 Å². The zero-order chi connectivity index (χ0) is 28.0. The predicted molar refractivity (Wildman–Crippen MR) is 155 cm³/mol. The fraction of sp³-hybridized carbons (Fsp3) is 0.103. The molecule has 0 aliphatic rings. The van der Waals surface area contributed by atoms with Crippen molar-refractivity contribution in [2.45, 2.75) is 18.4 Å². The molecule has 0 aromatic heterocycles. The van der Waals surface area contributed by atoms with Gasteiger partial charge in [-0.05, 0) is 55.0 Å². The molecule has 200 valence electrons. The minimum atomic E-state index is -4.21. The van der Waals surface area contributed by atoms with Crippen LogP contribution in [0.4, 0.5) is 11.4 Å². The second-order valence-corrected chi connectivity index (χ2v) is 11.4. The molecule has 0 radical (unpaired) electrons. The Kier molecular flexibility index (Phi) is 8.91. The molecule has 0 aliphatic heterocycles. The van der Waals surface area contributed by atoms with Crippen LogP contribution < -0.4 is 14.9 Å². The summed E-state index contributed by atoms with van der Waals surface area (Å²) >= 11 is 12.5. The number of nitrogens with one attached hydrogen (secondary N) is 2. The molecule has 0 unspecified atom stereocenters. The highest BCUT2D eigenvalue weighted by Crippen LogP contribution is 2.33. The van der Waals surface area contributed by atoms with Crippen LogP contribution in [-0.2, 0) is 21.4 Å². The molecule has 4 aromatic carbocycles. The van der Waals surface area contributed by atoms with Crippen molar-refractivity contribution in [3.05, 3.63) is 124 Å². The number of carbonyl (C=O) groups is 2. The summed E-state index contributed by atoms with van der Waals surface area (Å²) < 4.78 is 28.2. The minimum absolute atomic E-state index is 0.0161. The molecule has 0 saturated heterocycles. The van der Waals surface area contributed by atoms with E-state index >= 15 is 0 Å². The van der Waals surface area contributed by atoms with Crippen LogP contribution in [0, 0.1) is 6.92 Å². The third-order valence-corrected chi connectivity index (χ3v) is 8.14. The number of hydrogen-bond acceptors (Lipinski definition) is 4. The van der Waals surface area contributed by atoms with E-state index in [2.05, 4.69) is 10.6 Å². The van der Waals surface area contributed by atoms with Crippen molar-refractivity contribution >= 4 is 56.4 Å². The van der Waals surface area contributed by atoms with E-state index in [1.54, 1.807) is 36.4 Å². The van der Waals surface area contributed by atoms with Crippen LogP contribution in [0.25, 0.3) is 0 Å². The number of benzene rings is 4. The monoisotopic (exact) mass is 581 g/mol. The third kappa shape index (κ3) is 6.97. The van der Waals surface area contributed by atoms with Crippen LogP contribution in [0.5, 0.6) is 0 Å². The normalized spacial score (nSPS) is 11.1. The lowest BCUT2D eigenvalue weighted by atomic mass is 10.1. The van der Waals surface area contributed by atoms with Crippen molar-refractivity contribution < 1.29 is 18.0 Å². The average Bonchev–Trinajstić information content (AvgIpc) is 2.93. The van der Waals surface area contributed by atoms with Gasteiger partial charge in [0.2, 0.25) is 5.91 Å². The van der Waals surface area contributed by atoms with Gasteiger partial charge in [0.05, 0.1) is 26.9 Å². The van der Waals surface area contributed by atoms with Gasteiger partial charge in [-0.1, -0.05) is 83.4 Å². The lowest BCUT2D eigenvalue weighted by molar-refractivity contribution is -0.114. The fourth-order valence-corrected chi connectivity index (χ4v) is 5.67. The van der Waals surface area contributed by atoms with E-state index in [1.165, 1.54) is 30.3 Å². The molecule has 2 amide bonds. The Balaban J connectivity index is 1.60. The highest BCUT2D eigenvalue weighted by Gasteiger charge is 2.29. The molecular formula is C29H25Cl2N3O4S. The first-order chi connectivity index (χ1) is 18.6. The largest absolute Gasteiger partial charge is 0.348 e. The standard InChI is InChI=1S/C29H25Cl2N3O4S/c1-20-11-14-23(15-12-20)39(37,38)34(27-17-22(30)13-16-25(27)31)19-28(35)33-26-10-6-5-9-24(26)29(36)32-18-21-7-3-2-4-8-21/h2-17H,18-19H2,1H3,(H,32,36)(H,33,35). The van der Waals surface area contributed by atoms with Crippen LogP contribution in [0.3, 0.4) is 0 Å². The highest BCUT2D eigenvalue weighted by atomic mass is 35.5. The molecule has 0 saturated carbocycles. The Labute approximate surface area is 237 Å². The summed E-state index contributed by atoms with van der Waals surface area (Å²) in [5, 5.41) is 5.86. The maximum Gasteiger partial charge on any atom is 0.264 e. The third-order valence-electron chi connectivity index (χ3n) is 5.81. The summed E-state index contributed by atoms with van der Waals surface area (Å²) in [5.41, 5.74) is 2.31. The predicted octanol–water partition coefficient (Wildman–Crippen LogP) is 6.07. The maximum absolute atomic E-state index is 13.7. The number of rotatable bonds is 9. The first kappa shape index (κ1) is 28.2. The maximum atomic E-state index is 13.7.